The average molecular weight is 257 g/mol. The van der Waals surface area contributed by atoms with E-state index in [2.05, 4.69) is 17.2 Å². The van der Waals surface area contributed by atoms with Gasteiger partial charge in [0.2, 0.25) is 0 Å². The fraction of sp³-hybridized carbons (Fsp3) is 0.636. The number of hydrogen-bond donors (Lipinski definition) is 1. The molecule has 5 nitrogen and oxygen atoms in total. The van der Waals surface area contributed by atoms with Crippen molar-refractivity contribution >= 4 is 17.7 Å². The summed E-state index contributed by atoms with van der Waals surface area (Å²) < 4.78 is 6.70. The second kappa shape index (κ2) is 7.34. The molecule has 1 heterocycles. The third-order valence-corrected chi connectivity index (χ3v) is 3.43. The summed E-state index contributed by atoms with van der Waals surface area (Å²) in [4.78, 5) is 15.7. The molecule has 6 heteroatoms. The van der Waals surface area contributed by atoms with Crippen molar-refractivity contribution < 1.29 is 9.53 Å². The third-order valence-electron chi connectivity index (χ3n) is 2.28. The van der Waals surface area contributed by atoms with Crippen LogP contribution in [-0.4, -0.2) is 41.0 Å². The van der Waals surface area contributed by atoms with Crippen LogP contribution in [0.25, 0.3) is 0 Å². The van der Waals surface area contributed by atoms with E-state index in [0.29, 0.717) is 5.75 Å². The molecule has 1 N–H and O–H groups in total. The van der Waals surface area contributed by atoms with Crippen LogP contribution in [0, 0.1) is 0 Å². The van der Waals surface area contributed by atoms with E-state index in [-0.39, 0.29) is 12.0 Å². The highest BCUT2D eigenvalue weighted by atomic mass is 32.2. The molecule has 0 amide bonds. The third kappa shape index (κ3) is 4.40. The molecule has 0 aliphatic heterocycles. The number of rotatable bonds is 7. The van der Waals surface area contributed by atoms with Crippen molar-refractivity contribution in [1.29, 1.82) is 0 Å². The lowest BCUT2D eigenvalue weighted by Gasteiger charge is -2.15. The molecule has 0 radical (unpaired) electrons. The molecular weight excluding hydrogens is 238 g/mol. The van der Waals surface area contributed by atoms with Gasteiger partial charge in [-0.3, -0.25) is 4.79 Å². The quantitative estimate of drug-likeness (QED) is 0.584. The van der Waals surface area contributed by atoms with Crippen LogP contribution in [0.5, 0.6) is 0 Å². The zero-order chi connectivity index (χ0) is 12.7. The molecule has 1 aromatic rings. The molecule has 1 atom stereocenters. The molecule has 0 aliphatic carbocycles. The normalized spacial score (nSPS) is 12.4. The van der Waals surface area contributed by atoms with Gasteiger partial charge >= 0.3 is 5.97 Å². The van der Waals surface area contributed by atoms with Crippen molar-refractivity contribution in [2.45, 2.75) is 24.5 Å². The minimum Gasteiger partial charge on any atom is -0.468 e. The molecular formula is C11H19N3O2S. The Bertz CT molecular complexity index is 354. The van der Waals surface area contributed by atoms with Crippen LogP contribution < -0.4 is 5.32 Å². The summed E-state index contributed by atoms with van der Waals surface area (Å²) in [5.41, 5.74) is 0. The zero-order valence-electron chi connectivity index (χ0n) is 10.5. The molecule has 17 heavy (non-hydrogen) atoms. The number of carbonyl (C=O) groups is 1. The molecule has 0 spiro atoms. The first-order valence-electron chi connectivity index (χ1n) is 5.60. The Morgan fingerprint density at radius 3 is 3.00 bits per heavy atom. The summed E-state index contributed by atoms with van der Waals surface area (Å²) in [6, 6.07) is -0.276. The number of nitrogens with zero attached hydrogens (tertiary/aromatic N) is 2. The van der Waals surface area contributed by atoms with Gasteiger partial charge in [0.1, 0.15) is 6.04 Å². The summed E-state index contributed by atoms with van der Waals surface area (Å²) in [5, 5.41) is 4.07. The van der Waals surface area contributed by atoms with Gasteiger partial charge in [-0.15, -0.1) is 0 Å². The fourth-order valence-electron chi connectivity index (χ4n) is 1.32. The van der Waals surface area contributed by atoms with Crippen molar-refractivity contribution in [3.05, 3.63) is 12.4 Å². The van der Waals surface area contributed by atoms with Gasteiger partial charge in [-0.25, -0.2) is 4.98 Å². The van der Waals surface area contributed by atoms with E-state index >= 15 is 0 Å². The highest BCUT2D eigenvalue weighted by Crippen LogP contribution is 2.15. The number of ether oxygens (including phenoxy) is 1. The predicted octanol–water partition coefficient (Wildman–Crippen LogP) is 1.05. The summed E-state index contributed by atoms with van der Waals surface area (Å²) in [6.07, 6.45) is 4.62. The lowest BCUT2D eigenvalue weighted by Crippen LogP contribution is -2.40. The van der Waals surface area contributed by atoms with Gasteiger partial charge in [-0.2, -0.15) is 0 Å². The number of methoxy groups -OCH3 is 1. The zero-order valence-corrected chi connectivity index (χ0v) is 11.3. The molecule has 1 unspecified atom stereocenters. The monoisotopic (exact) mass is 257 g/mol. The molecule has 0 saturated carbocycles. The van der Waals surface area contributed by atoms with Crippen LogP contribution in [0.15, 0.2) is 17.6 Å². The van der Waals surface area contributed by atoms with Crippen LogP contribution in [-0.2, 0) is 16.6 Å². The molecule has 0 aliphatic rings. The van der Waals surface area contributed by atoms with E-state index in [4.69, 9.17) is 4.74 Å². The summed E-state index contributed by atoms with van der Waals surface area (Å²) in [5.74, 6) is 0.400. The van der Waals surface area contributed by atoms with Gasteiger partial charge in [0.05, 0.1) is 7.11 Å². The predicted molar refractivity (Wildman–Crippen MR) is 68.0 cm³/mol. The van der Waals surface area contributed by atoms with Gasteiger partial charge in [0.15, 0.2) is 5.16 Å². The Hall–Kier alpha value is -1.01. The molecule has 0 bridgehead atoms. The second-order valence-corrected chi connectivity index (χ2v) is 4.65. The number of nitrogens with one attached hydrogen (secondary N) is 1. The molecule has 96 valence electrons. The van der Waals surface area contributed by atoms with E-state index < -0.39 is 0 Å². The van der Waals surface area contributed by atoms with Crippen LogP contribution in [0.1, 0.15) is 13.3 Å². The number of aryl methyl sites for hydroxylation is 1. The minimum absolute atomic E-state index is 0.222. The van der Waals surface area contributed by atoms with E-state index in [1.54, 1.807) is 18.0 Å². The first-order chi connectivity index (χ1) is 8.19. The fourth-order valence-corrected chi connectivity index (χ4v) is 2.29. The van der Waals surface area contributed by atoms with Crippen molar-refractivity contribution in [1.82, 2.24) is 14.9 Å². The SMILES string of the molecule is CCCNC(CSc1nccn1C)C(=O)OC. The van der Waals surface area contributed by atoms with E-state index in [0.717, 1.165) is 18.1 Å². The maximum absolute atomic E-state index is 11.5. The number of esters is 1. The largest absolute Gasteiger partial charge is 0.468 e. The Labute approximate surface area is 106 Å². The number of thioether (sulfide) groups is 1. The Balaban J connectivity index is 2.48. The van der Waals surface area contributed by atoms with E-state index in [9.17, 15) is 4.79 Å². The smallest absolute Gasteiger partial charge is 0.323 e. The highest BCUT2D eigenvalue weighted by Gasteiger charge is 2.19. The number of hydrogen-bond acceptors (Lipinski definition) is 5. The minimum atomic E-state index is -0.276. The van der Waals surface area contributed by atoms with Crippen molar-refractivity contribution in [3.63, 3.8) is 0 Å². The molecule has 0 fully saturated rings. The average Bonchev–Trinajstić information content (AvgIpc) is 2.74. The topological polar surface area (TPSA) is 56.2 Å². The van der Waals surface area contributed by atoms with E-state index in [1.165, 1.54) is 7.11 Å². The van der Waals surface area contributed by atoms with Crippen LogP contribution >= 0.6 is 11.8 Å². The Morgan fingerprint density at radius 1 is 1.71 bits per heavy atom. The van der Waals surface area contributed by atoms with E-state index in [1.807, 2.05) is 17.8 Å². The molecule has 0 aromatic carbocycles. The second-order valence-electron chi connectivity index (χ2n) is 3.66. The van der Waals surface area contributed by atoms with Gasteiger partial charge in [-0.1, -0.05) is 18.7 Å². The van der Waals surface area contributed by atoms with Crippen molar-refractivity contribution in [3.8, 4) is 0 Å². The van der Waals surface area contributed by atoms with Crippen LogP contribution in [0.3, 0.4) is 0 Å². The van der Waals surface area contributed by atoms with Crippen molar-refractivity contribution in [2.75, 3.05) is 19.4 Å². The van der Waals surface area contributed by atoms with Gasteiger partial charge < -0.3 is 14.6 Å². The number of carbonyl (C=O) groups excluding carboxylic acids is 1. The van der Waals surface area contributed by atoms with Gasteiger partial charge in [0, 0.05) is 25.2 Å². The maximum Gasteiger partial charge on any atom is 0.323 e. The first kappa shape index (κ1) is 14.1. The lowest BCUT2D eigenvalue weighted by atomic mass is 10.3. The lowest BCUT2D eigenvalue weighted by molar-refractivity contribution is -0.142. The summed E-state index contributed by atoms with van der Waals surface area (Å²) >= 11 is 1.54. The standard InChI is InChI=1S/C11H19N3O2S/c1-4-5-12-9(10(15)16-3)8-17-11-13-6-7-14(11)2/h6-7,9,12H,4-5,8H2,1-3H3. The summed E-state index contributed by atoms with van der Waals surface area (Å²) in [7, 11) is 3.34. The molecule has 1 rings (SSSR count). The summed E-state index contributed by atoms with van der Waals surface area (Å²) in [6.45, 7) is 2.87. The van der Waals surface area contributed by atoms with Crippen molar-refractivity contribution in [2.24, 2.45) is 7.05 Å². The Kier molecular flexibility index (Phi) is 6.07. The maximum atomic E-state index is 11.5. The Morgan fingerprint density at radius 2 is 2.47 bits per heavy atom. The van der Waals surface area contributed by atoms with Crippen LogP contribution in [0.4, 0.5) is 0 Å². The van der Waals surface area contributed by atoms with Crippen LogP contribution in [0.2, 0.25) is 0 Å². The first-order valence-corrected chi connectivity index (χ1v) is 6.59. The van der Waals surface area contributed by atoms with Gasteiger partial charge in [-0.05, 0) is 13.0 Å². The number of aromatic nitrogens is 2. The highest BCUT2D eigenvalue weighted by molar-refractivity contribution is 7.99. The molecule has 0 saturated heterocycles. The van der Waals surface area contributed by atoms with Gasteiger partial charge in [0.25, 0.3) is 0 Å². The number of imidazole rings is 1. The molecule has 1 aromatic heterocycles.